The molecule has 0 radical (unpaired) electrons. The molecule has 0 aliphatic heterocycles. The molecule has 2 aromatic carbocycles. The van der Waals surface area contributed by atoms with Gasteiger partial charge >= 0.3 is 12.1 Å². The van der Waals surface area contributed by atoms with Crippen molar-refractivity contribution in [2.45, 2.75) is 26.4 Å². The highest BCUT2D eigenvalue weighted by Gasteiger charge is 2.22. The summed E-state index contributed by atoms with van der Waals surface area (Å²) < 4.78 is 24.7. The lowest BCUT2D eigenvalue weighted by Crippen LogP contribution is -2.17. The van der Waals surface area contributed by atoms with Crippen LogP contribution in [0.5, 0.6) is 0 Å². The topological polar surface area (TPSA) is 115 Å². The van der Waals surface area contributed by atoms with Gasteiger partial charge in [-0.1, -0.05) is 47.6 Å². The van der Waals surface area contributed by atoms with Crippen molar-refractivity contribution >= 4 is 29.1 Å². The van der Waals surface area contributed by atoms with E-state index in [2.05, 4.69) is 15.5 Å². The van der Waals surface area contributed by atoms with Crippen molar-refractivity contribution in [3.05, 3.63) is 77.4 Å². The maximum atomic E-state index is 14.0. The molecule has 0 saturated heterocycles. The lowest BCUT2D eigenvalue weighted by Gasteiger charge is -2.14. The van der Waals surface area contributed by atoms with Crippen molar-refractivity contribution in [3.8, 4) is 21.2 Å². The number of hydrogen-bond donors (Lipinski definition) is 2. The van der Waals surface area contributed by atoms with Crippen molar-refractivity contribution < 1.29 is 28.3 Å². The van der Waals surface area contributed by atoms with Gasteiger partial charge < -0.3 is 14.4 Å². The van der Waals surface area contributed by atoms with Gasteiger partial charge in [0.25, 0.3) is 0 Å². The molecule has 174 valence electrons. The molecule has 0 bridgehead atoms. The first-order valence-corrected chi connectivity index (χ1v) is 11.1. The SMILES string of the molecule is Cc1noc(-c2cnc(-c3ccc(CC(=O)O)cc3)s2)c1NC(=O)O[C@H](C)c1ccccc1F. The first-order chi connectivity index (χ1) is 16.3. The van der Waals surface area contributed by atoms with E-state index in [9.17, 15) is 14.0 Å². The number of amides is 1. The molecule has 2 heterocycles. The third-order valence-electron chi connectivity index (χ3n) is 5.00. The van der Waals surface area contributed by atoms with Crippen molar-refractivity contribution in [2.75, 3.05) is 5.32 Å². The summed E-state index contributed by atoms with van der Waals surface area (Å²) in [7, 11) is 0. The molecule has 1 atom stereocenters. The average molecular weight is 482 g/mol. The number of benzene rings is 2. The van der Waals surface area contributed by atoms with E-state index in [0.29, 0.717) is 32.6 Å². The number of aryl methyl sites for hydroxylation is 1. The van der Waals surface area contributed by atoms with E-state index >= 15 is 0 Å². The Hall–Kier alpha value is -4.05. The highest BCUT2D eigenvalue weighted by Crippen LogP contribution is 2.37. The molecule has 10 heteroatoms. The fourth-order valence-electron chi connectivity index (χ4n) is 3.30. The minimum absolute atomic E-state index is 0.0542. The Morgan fingerprint density at radius 2 is 1.94 bits per heavy atom. The smallest absolute Gasteiger partial charge is 0.412 e. The molecule has 0 aliphatic carbocycles. The van der Waals surface area contributed by atoms with E-state index in [1.165, 1.54) is 17.4 Å². The van der Waals surface area contributed by atoms with E-state index < -0.39 is 24.0 Å². The normalized spacial score (nSPS) is 11.7. The zero-order chi connectivity index (χ0) is 24.2. The maximum Gasteiger partial charge on any atom is 0.412 e. The van der Waals surface area contributed by atoms with Crippen LogP contribution in [0.25, 0.3) is 21.2 Å². The molecule has 2 N–H and O–H groups in total. The average Bonchev–Trinajstić information content (AvgIpc) is 3.41. The predicted molar refractivity (Wildman–Crippen MR) is 124 cm³/mol. The molecule has 1 amide bonds. The van der Waals surface area contributed by atoms with Crippen molar-refractivity contribution in [1.82, 2.24) is 10.1 Å². The molecular weight excluding hydrogens is 461 g/mol. The third kappa shape index (κ3) is 5.12. The zero-order valence-corrected chi connectivity index (χ0v) is 19.1. The van der Waals surface area contributed by atoms with Gasteiger partial charge in [-0.15, -0.1) is 11.3 Å². The Morgan fingerprint density at radius 1 is 1.21 bits per heavy atom. The van der Waals surface area contributed by atoms with E-state index in [1.807, 2.05) is 0 Å². The fourth-order valence-corrected chi connectivity index (χ4v) is 4.20. The Kier molecular flexibility index (Phi) is 6.69. The summed E-state index contributed by atoms with van der Waals surface area (Å²) >= 11 is 1.32. The molecule has 0 aliphatic rings. The summed E-state index contributed by atoms with van der Waals surface area (Å²) in [6, 6.07) is 13.2. The molecular formula is C24H20FN3O5S. The second-order valence-electron chi connectivity index (χ2n) is 7.46. The molecule has 4 aromatic rings. The number of hydrogen-bond acceptors (Lipinski definition) is 7. The van der Waals surface area contributed by atoms with Gasteiger partial charge in [-0.05, 0) is 25.5 Å². The van der Waals surface area contributed by atoms with Crippen LogP contribution >= 0.6 is 11.3 Å². The van der Waals surface area contributed by atoms with Crippen LogP contribution in [0.1, 0.15) is 29.8 Å². The van der Waals surface area contributed by atoms with Gasteiger partial charge in [-0.3, -0.25) is 10.1 Å². The van der Waals surface area contributed by atoms with E-state index in [0.717, 1.165) is 5.56 Å². The number of aromatic nitrogens is 2. The van der Waals surface area contributed by atoms with Gasteiger partial charge in [0.05, 0.1) is 11.3 Å². The number of thiazole rings is 1. The first kappa shape index (κ1) is 23.1. The van der Waals surface area contributed by atoms with Crippen LogP contribution in [-0.2, 0) is 16.0 Å². The standard InChI is InChI=1S/C24H20FN3O5S/c1-13-21(27-24(31)32-14(2)17-5-3-4-6-18(17)25)22(33-28-13)19-12-26-23(34-19)16-9-7-15(8-10-16)11-20(29)30/h3-10,12,14H,11H2,1-2H3,(H,27,31)(H,29,30)/t14-/m1/s1. The minimum Gasteiger partial charge on any atom is -0.481 e. The number of carboxylic acid groups (broad SMARTS) is 1. The minimum atomic E-state index is -0.896. The maximum absolute atomic E-state index is 14.0. The molecule has 0 unspecified atom stereocenters. The van der Waals surface area contributed by atoms with Crippen molar-refractivity contribution in [3.63, 3.8) is 0 Å². The number of ether oxygens (including phenoxy) is 1. The van der Waals surface area contributed by atoms with Crippen LogP contribution in [0.2, 0.25) is 0 Å². The van der Waals surface area contributed by atoms with Gasteiger partial charge in [-0.2, -0.15) is 0 Å². The van der Waals surface area contributed by atoms with E-state index in [4.69, 9.17) is 14.4 Å². The molecule has 0 spiro atoms. The quantitative estimate of drug-likeness (QED) is 0.340. The number of carbonyl (C=O) groups excluding carboxylic acids is 1. The lowest BCUT2D eigenvalue weighted by atomic mass is 10.1. The van der Waals surface area contributed by atoms with Gasteiger partial charge in [0, 0.05) is 17.3 Å². The lowest BCUT2D eigenvalue weighted by molar-refractivity contribution is -0.136. The number of rotatable bonds is 7. The van der Waals surface area contributed by atoms with Crippen LogP contribution in [0, 0.1) is 12.7 Å². The Labute approximate surface area is 198 Å². The summed E-state index contributed by atoms with van der Waals surface area (Å²) in [5, 5.41) is 16.2. The van der Waals surface area contributed by atoms with Crippen molar-refractivity contribution in [2.24, 2.45) is 0 Å². The van der Waals surface area contributed by atoms with Crippen LogP contribution in [0.4, 0.5) is 14.9 Å². The number of carbonyl (C=O) groups is 2. The van der Waals surface area contributed by atoms with Gasteiger partial charge in [0.2, 0.25) is 5.76 Å². The Morgan fingerprint density at radius 3 is 2.65 bits per heavy atom. The van der Waals surface area contributed by atoms with E-state index in [1.54, 1.807) is 62.5 Å². The molecule has 2 aromatic heterocycles. The van der Waals surface area contributed by atoms with Crippen LogP contribution < -0.4 is 5.32 Å². The van der Waals surface area contributed by atoms with Crippen LogP contribution in [0.3, 0.4) is 0 Å². The summed E-state index contributed by atoms with van der Waals surface area (Å²) in [4.78, 5) is 28.4. The largest absolute Gasteiger partial charge is 0.481 e. The molecule has 0 fully saturated rings. The molecule has 0 saturated carbocycles. The predicted octanol–water partition coefficient (Wildman–Crippen LogP) is 5.85. The zero-order valence-electron chi connectivity index (χ0n) is 18.2. The number of nitrogens with zero attached hydrogens (tertiary/aromatic N) is 2. The second-order valence-corrected chi connectivity index (χ2v) is 8.49. The highest BCUT2D eigenvalue weighted by molar-refractivity contribution is 7.18. The summed E-state index contributed by atoms with van der Waals surface area (Å²) in [5.74, 6) is -1.04. The summed E-state index contributed by atoms with van der Waals surface area (Å²) in [6.07, 6.45) is -0.0312. The summed E-state index contributed by atoms with van der Waals surface area (Å²) in [6.45, 7) is 3.25. The monoisotopic (exact) mass is 481 g/mol. The van der Waals surface area contributed by atoms with Gasteiger partial charge in [-0.25, -0.2) is 14.2 Å². The van der Waals surface area contributed by atoms with Crippen LogP contribution in [-0.4, -0.2) is 27.3 Å². The number of halogens is 1. The van der Waals surface area contributed by atoms with Crippen LogP contribution in [0.15, 0.2) is 59.3 Å². The highest BCUT2D eigenvalue weighted by atomic mass is 32.1. The van der Waals surface area contributed by atoms with Gasteiger partial charge in [0.15, 0.2) is 0 Å². The van der Waals surface area contributed by atoms with Gasteiger partial charge in [0.1, 0.15) is 28.3 Å². The van der Waals surface area contributed by atoms with Crippen molar-refractivity contribution in [1.29, 1.82) is 0 Å². The number of anilines is 1. The third-order valence-corrected chi connectivity index (χ3v) is 6.05. The number of aliphatic carboxylic acids is 1. The molecule has 8 nitrogen and oxygen atoms in total. The second kappa shape index (κ2) is 9.84. The fraction of sp³-hybridized carbons (Fsp3) is 0.167. The first-order valence-electron chi connectivity index (χ1n) is 10.3. The number of carboxylic acids is 1. The van der Waals surface area contributed by atoms with E-state index in [-0.39, 0.29) is 12.0 Å². The molecule has 4 rings (SSSR count). The Balaban J connectivity index is 1.50. The Bertz CT molecular complexity index is 1330. The summed E-state index contributed by atoms with van der Waals surface area (Å²) in [5.41, 5.74) is 2.54. The molecule has 34 heavy (non-hydrogen) atoms. The number of nitrogens with one attached hydrogen (secondary N) is 1.